The average Bonchev–Trinajstić information content (AvgIpc) is 3.27. The van der Waals surface area contributed by atoms with Gasteiger partial charge in [0.2, 0.25) is 0 Å². The lowest BCUT2D eigenvalue weighted by Gasteiger charge is -2.35. The molecule has 0 bridgehead atoms. The predicted octanol–water partition coefficient (Wildman–Crippen LogP) is 4.24. The maximum absolute atomic E-state index is 12.4. The van der Waals surface area contributed by atoms with Crippen molar-refractivity contribution in [1.29, 1.82) is 0 Å². The Kier molecular flexibility index (Phi) is 9.09. The maximum Gasteiger partial charge on any atom is 0.410 e. The molecule has 1 unspecified atom stereocenters. The van der Waals surface area contributed by atoms with Crippen molar-refractivity contribution in [3.05, 3.63) is 11.9 Å². The van der Waals surface area contributed by atoms with Crippen LogP contribution in [0, 0.1) is 0 Å². The predicted molar refractivity (Wildman–Crippen MR) is 106 cm³/mol. The topological polar surface area (TPSA) is 65.8 Å². The molecule has 156 valence electrons. The molecule has 1 amide bonds. The minimum absolute atomic E-state index is 0.0277. The number of hydrogen-bond acceptors (Lipinski definition) is 5. The fraction of sp³-hybridized carbons (Fsp3) is 0.800. The highest BCUT2D eigenvalue weighted by atomic mass is 16.6. The van der Waals surface area contributed by atoms with Gasteiger partial charge in [-0.05, 0) is 27.7 Å². The molecular weight excluding hydrogens is 346 g/mol. The molecule has 0 radical (unpaired) electrons. The Morgan fingerprint density at radius 1 is 1.26 bits per heavy atom. The summed E-state index contributed by atoms with van der Waals surface area (Å²) in [6, 6.07) is 0.0277. The Morgan fingerprint density at radius 2 is 1.93 bits per heavy atom. The summed E-state index contributed by atoms with van der Waals surface area (Å²) in [5.41, 5.74) is 0.413. The van der Waals surface area contributed by atoms with E-state index in [9.17, 15) is 4.79 Å². The Labute approximate surface area is 164 Å². The van der Waals surface area contributed by atoms with E-state index in [0.29, 0.717) is 19.7 Å². The highest BCUT2D eigenvalue weighted by Gasteiger charge is 2.33. The quantitative estimate of drug-likeness (QED) is 0.764. The molecule has 0 N–H and O–H groups in total. The normalized spacial score (nSPS) is 21.3. The fourth-order valence-electron chi connectivity index (χ4n) is 2.83. The number of carbonyl (C=O) groups excluding carboxylic acids is 1. The van der Waals surface area contributed by atoms with Gasteiger partial charge in [-0.25, -0.2) is 4.79 Å². The summed E-state index contributed by atoms with van der Waals surface area (Å²) in [5.74, 6) is 0.737. The molecule has 27 heavy (non-hydrogen) atoms. The van der Waals surface area contributed by atoms with Gasteiger partial charge in [0.05, 0.1) is 38.5 Å². The molecule has 0 aliphatic carbocycles. The first-order valence-corrected chi connectivity index (χ1v) is 10.1. The van der Waals surface area contributed by atoms with Crippen molar-refractivity contribution in [3.8, 4) is 5.75 Å². The monoisotopic (exact) mass is 383 g/mol. The van der Waals surface area contributed by atoms with Gasteiger partial charge >= 0.3 is 6.09 Å². The van der Waals surface area contributed by atoms with Gasteiger partial charge in [-0.15, -0.1) is 0 Å². The molecule has 1 fully saturated rings. The van der Waals surface area contributed by atoms with Crippen LogP contribution in [0.15, 0.2) is 6.20 Å². The smallest absolute Gasteiger partial charge is 0.410 e. The van der Waals surface area contributed by atoms with Crippen LogP contribution in [0.5, 0.6) is 5.75 Å². The minimum Gasteiger partial charge on any atom is -0.484 e. The van der Waals surface area contributed by atoms with Crippen LogP contribution in [0.4, 0.5) is 4.79 Å². The molecule has 1 aromatic heterocycles. The van der Waals surface area contributed by atoms with Gasteiger partial charge in [-0.2, -0.15) is 5.10 Å². The Morgan fingerprint density at radius 3 is 2.48 bits per heavy atom. The molecule has 0 aromatic carbocycles. The summed E-state index contributed by atoms with van der Waals surface area (Å²) >= 11 is 0. The second-order valence-electron chi connectivity index (χ2n) is 7.20. The number of aromatic nitrogens is 2. The van der Waals surface area contributed by atoms with Gasteiger partial charge in [0.25, 0.3) is 0 Å². The van der Waals surface area contributed by atoms with E-state index < -0.39 is 5.60 Å². The lowest BCUT2D eigenvalue weighted by molar-refractivity contribution is 0.00864. The van der Waals surface area contributed by atoms with Crippen molar-refractivity contribution in [1.82, 2.24) is 14.7 Å². The molecule has 0 spiro atoms. The Hall–Kier alpha value is -1.76. The zero-order valence-corrected chi connectivity index (χ0v) is 18.2. The zero-order valence-electron chi connectivity index (χ0n) is 18.2. The largest absolute Gasteiger partial charge is 0.484 e. The summed E-state index contributed by atoms with van der Waals surface area (Å²) < 4.78 is 18.8. The van der Waals surface area contributed by atoms with E-state index in [1.165, 1.54) is 0 Å². The van der Waals surface area contributed by atoms with Crippen molar-refractivity contribution < 1.29 is 19.0 Å². The summed E-state index contributed by atoms with van der Waals surface area (Å²) in [6.45, 7) is 18.0. The van der Waals surface area contributed by atoms with Gasteiger partial charge in [0, 0.05) is 6.42 Å². The van der Waals surface area contributed by atoms with Gasteiger partial charge in [-0.3, -0.25) is 9.58 Å². The van der Waals surface area contributed by atoms with Gasteiger partial charge in [0.1, 0.15) is 17.4 Å². The molecule has 2 aliphatic heterocycles. The van der Waals surface area contributed by atoms with Gasteiger partial charge in [-0.1, -0.05) is 27.7 Å². The molecule has 2 aliphatic rings. The molecular formula is C20H37N3O4. The van der Waals surface area contributed by atoms with Crippen LogP contribution < -0.4 is 4.74 Å². The molecule has 7 heteroatoms. The molecule has 1 aromatic rings. The van der Waals surface area contributed by atoms with Crippen molar-refractivity contribution in [3.63, 3.8) is 0 Å². The number of fused-ring (bicyclic) bond motifs is 1. The first-order valence-electron chi connectivity index (χ1n) is 10.1. The van der Waals surface area contributed by atoms with Crippen LogP contribution in [-0.4, -0.2) is 51.7 Å². The molecule has 7 nitrogen and oxygen atoms in total. The highest BCUT2D eigenvalue weighted by molar-refractivity contribution is 5.68. The molecule has 1 saturated heterocycles. The first-order chi connectivity index (χ1) is 12.8. The van der Waals surface area contributed by atoms with Crippen molar-refractivity contribution in [2.24, 2.45) is 0 Å². The highest BCUT2D eigenvalue weighted by Crippen LogP contribution is 2.28. The third-order valence-electron chi connectivity index (χ3n) is 4.01. The third kappa shape index (κ3) is 6.41. The summed E-state index contributed by atoms with van der Waals surface area (Å²) in [4.78, 5) is 14.2. The zero-order chi connectivity index (χ0) is 20.6. The standard InChI is InChI=1S/C16H25N3O4.2C2H6/c1-11-8-19-13(9-18(11)15(20)23-16(2,3)4)14(7-17-19)22-12-5-6-21-10-12;2*1-2/h7,11-12H,5-6,8-10H2,1-4H3;2*1-2H3/t11-,12?;;/m0../s1. The van der Waals surface area contributed by atoms with E-state index >= 15 is 0 Å². The average molecular weight is 384 g/mol. The summed E-state index contributed by atoms with van der Waals surface area (Å²) in [7, 11) is 0. The lowest BCUT2D eigenvalue weighted by Crippen LogP contribution is -2.47. The number of nitrogens with zero attached hydrogens (tertiary/aromatic N) is 3. The Bertz CT molecular complexity index is 574. The third-order valence-corrected chi connectivity index (χ3v) is 4.01. The van der Waals surface area contributed by atoms with Crippen LogP contribution in [0.1, 0.15) is 67.5 Å². The first kappa shape index (κ1) is 23.3. The van der Waals surface area contributed by atoms with Gasteiger partial charge in [0.15, 0.2) is 5.75 Å². The molecule has 3 heterocycles. The SMILES string of the molecule is CC.CC.C[C@H]1Cn2ncc(OC3CCOC3)c2CN1C(=O)OC(C)(C)C. The van der Waals surface area contributed by atoms with Crippen LogP contribution in [0.25, 0.3) is 0 Å². The number of carbonyl (C=O) groups is 1. The molecule has 0 saturated carbocycles. The Balaban J connectivity index is 0.000000855. The number of rotatable bonds is 2. The van der Waals surface area contributed by atoms with Crippen molar-refractivity contribution >= 4 is 6.09 Å². The summed E-state index contributed by atoms with van der Waals surface area (Å²) in [5, 5.41) is 4.39. The fourth-order valence-corrected chi connectivity index (χ4v) is 2.83. The van der Waals surface area contributed by atoms with E-state index in [4.69, 9.17) is 14.2 Å². The van der Waals surface area contributed by atoms with Gasteiger partial charge < -0.3 is 14.2 Å². The van der Waals surface area contributed by atoms with Crippen molar-refractivity contribution in [2.45, 2.75) is 92.6 Å². The van der Waals surface area contributed by atoms with Crippen LogP contribution in [0.2, 0.25) is 0 Å². The number of ether oxygens (including phenoxy) is 3. The molecule has 2 atom stereocenters. The maximum atomic E-state index is 12.4. The molecule has 3 rings (SSSR count). The second-order valence-corrected chi connectivity index (χ2v) is 7.20. The van der Waals surface area contributed by atoms with Crippen molar-refractivity contribution in [2.75, 3.05) is 13.2 Å². The minimum atomic E-state index is -0.505. The van der Waals surface area contributed by atoms with E-state index in [0.717, 1.165) is 24.5 Å². The lowest BCUT2D eigenvalue weighted by atomic mass is 10.2. The van der Waals surface area contributed by atoms with E-state index in [2.05, 4.69) is 5.10 Å². The van der Waals surface area contributed by atoms with Crippen LogP contribution in [-0.2, 0) is 22.6 Å². The van der Waals surface area contributed by atoms with E-state index in [1.54, 1.807) is 11.1 Å². The number of amides is 1. The van der Waals surface area contributed by atoms with E-state index in [-0.39, 0.29) is 18.2 Å². The van der Waals surface area contributed by atoms with Crippen LogP contribution in [0.3, 0.4) is 0 Å². The number of hydrogen-bond donors (Lipinski definition) is 0. The second kappa shape index (κ2) is 10.5. The summed E-state index contributed by atoms with van der Waals surface area (Å²) in [6.07, 6.45) is 2.39. The van der Waals surface area contributed by atoms with Crippen LogP contribution >= 0.6 is 0 Å². The van der Waals surface area contributed by atoms with E-state index in [1.807, 2.05) is 60.1 Å².